The van der Waals surface area contributed by atoms with E-state index in [1.165, 1.54) is 11.3 Å². The normalized spacial score (nSPS) is 17.4. The number of thiazole rings is 1. The van der Waals surface area contributed by atoms with E-state index in [1.54, 1.807) is 0 Å². The fourth-order valence-corrected chi connectivity index (χ4v) is 3.81. The third kappa shape index (κ3) is 2.66. The molecule has 17 heavy (non-hydrogen) atoms. The number of carboxylic acid groups (broad SMARTS) is 1. The summed E-state index contributed by atoms with van der Waals surface area (Å²) in [7, 11) is -0.725. The monoisotopic (exact) mass is 274 g/mol. The average Bonchev–Trinajstić information content (AvgIpc) is 2.74. The maximum atomic E-state index is 11.2. The zero-order valence-corrected chi connectivity index (χ0v) is 11.1. The molecule has 1 aliphatic heterocycles. The molecule has 5 nitrogen and oxygen atoms in total. The number of aromatic carboxylic acids is 1. The van der Waals surface area contributed by atoms with E-state index < -0.39 is 16.8 Å². The highest BCUT2D eigenvalue weighted by atomic mass is 32.2. The lowest BCUT2D eigenvalue weighted by molar-refractivity contribution is 0.0701. The first kappa shape index (κ1) is 12.5. The zero-order chi connectivity index (χ0) is 12.4. The number of anilines is 1. The van der Waals surface area contributed by atoms with Crippen molar-refractivity contribution in [3.8, 4) is 0 Å². The molecule has 0 atom stereocenters. The van der Waals surface area contributed by atoms with Crippen molar-refractivity contribution in [1.82, 2.24) is 4.98 Å². The summed E-state index contributed by atoms with van der Waals surface area (Å²) in [4.78, 5) is 17.7. The van der Waals surface area contributed by atoms with Crippen molar-refractivity contribution in [2.24, 2.45) is 0 Å². The minimum atomic E-state index is -0.911. The quantitative estimate of drug-likeness (QED) is 0.889. The van der Waals surface area contributed by atoms with Crippen LogP contribution in [0.2, 0.25) is 0 Å². The number of hydrogen-bond donors (Lipinski definition) is 1. The number of rotatable bonds is 3. The van der Waals surface area contributed by atoms with Crippen LogP contribution in [0.4, 0.5) is 5.13 Å². The van der Waals surface area contributed by atoms with E-state index in [9.17, 15) is 9.00 Å². The Morgan fingerprint density at radius 1 is 1.53 bits per heavy atom. The van der Waals surface area contributed by atoms with Gasteiger partial charge < -0.3 is 10.0 Å². The number of aryl methyl sites for hydroxylation is 1. The maximum absolute atomic E-state index is 11.2. The van der Waals surface area contributed by atoms with Crippen molar-refractivity contribution in [2.45, 2.75) is 13.3 Å². The molecule has 1 N–H and O–H groups in total. The van der Waals surface area contributed by atoms with Crippen LogP contribution in [0, 0.1) is 0 Å². The SMILES string of the molecule is CCc1nc(N2CCS(=O)CC2)sc1C(=O)O. The van der Waals surface area contributed by atoms with Crippen molar-refractivity contribution in [1.29, 1.82) is 0 Å². The van der Waals surface area contributed by atoms with Gasteiger partial charge in [0.1, 0.15) is 4.88 Å². The number of carbonyl (C=O) groups is 1. The van der Waals surface area contributed by atoms with Gasteiger partial charge in [0.05, 0.1) is 5.69 Å². The van der Waals surface area contributed by atoms with Gasteiger partial charge in [0.2, 0.25) is 0 Å². The lowest BCUT2D eigenvalue weighted by atomic mass is 10.3. The van der Waals surface area contributed by atoms with E-state index in [4.69, 9.17) is 5.11 Å². The predicted octanol–water partition coefficient (Wildman–Crippen LogP) is 0.972. The van der Waals surface area contributed by atoms with Crippen LogP contribution >= 0.6 is 11.3 Å². The number of carboxylic acids is 1. The third-order valence-corrected chi connectivity index (χ3v) is 5.09. The first-order chi connectivity index (χ1) is 8.11. The van der Waals surface area contributed by atoms with E-state index in [1.807, 2.05) is 11.8 Å². The van der Waals surface area contributed by atoms with E-state index >= 15 is 0 Å². The Morgan fingerprint density at radius 2 is 2.18 bits per heavy atom. The Hall–Kier alpha value is -0.950. The lowest BCUT2D eigenvalue weighted by Gasteiger charge is -2.25. The maximum Gasteiger partial charge on any atom is 0.347 e. The highest BCUT2D eigenvalue weighted by Gasteiger charge is 2.22. The molecule has 2 rings (SSSR count). The van der Waals surface area contributed by atoms with Gasteiger partial charge in [0.25, 0.3) is 0 Å². The third-order valence-electron chi connectivity index (χ3n) is 2.66. The molecule has 0 bridgehead atoms. The Balaban J connectivity index is 2.21. The fourth-order valence-electron chi connectivity index (χ4n) is 1.71. The Kier molecular flexibility index (Phi) is 3.78. The molecular formula is C10H14N2O3S2. The lowest BCUT2D eigenvalue weighted by Crippen LogP contribution is -2.37. The topological polar surface area (TPSA) is 70.5 Å². The number of nitrogens with zero attached hydrogens (tertiary/aromatic N) is 2. The molecule has 0 saturated carbocycles. The summed E-state index contributed by atoms with van der Waals surface area (Å²) in [5.41, 5.74) is 0.643. The van der Waals surface area contributed by atoms with Crippen molar-refractivity contribution in [3.05, 3.63) is 10.6 Å². The second-order valence-electron chi connectivity index (χ2n) is 3.77. The van der Waals surface area contributed by atoms with Crippen molar-refractivity contribution >= 4 is 33.2 Å². The second kappa shape index (κ2) is 5.14. The van der Waals surface area contributed by atoms with E-state index in [0.29, 0.717) is 41.6 Å². The van der Waals surface area contributed by atoms with Gasteiger partial charge in [-0.05, 0) is 6.42 Å². The molecule has 1 saturated heterocycles. The molecule has 7 heteroatoms. The summed E-state index contributed by atoms with van der Waals surface area (Å²) in [6.45, 7) is 3.29. The van der Waals surface area contributed by atoms with Gasteiger partial charge in [-0.2, -0.15) is 0 Å². The van der Waals surface area contributed by atoms with Crippen LogP contribution in [0.1, 0.15) is 22.3 Å². The van der Waals surface area contributed by atoms with Crippen LogP contribution in [0.25, 0.3) is 0 Å². The zero-order valence-electron chi connectivity index (χ0n) is 9.51. The summed E-state index contributed by atoms with van der Waals surface area (Å²) in [6, 6.07) is 0. The molecule has 1 aliphatic rings. The molecule has 0 spiro atoms. The predicted molar refractivity (Wildman–Crippen MR) is 68.5 cm³/mol. The summed E-state index contributed by atoms with van der Waals surface area (Å²) in [6.07, 6.45) is 0.623. The summed E-state index contributed by atoms with van der Waals surface area (Å²) < 4.78 is 11.2. The number of aromatic nitrogens is 1. The second-order valence-corrected chi connectivity index (χ2v) is 6.44. The first-order valence-electron chi connectivity index (χ1n) is 5.44. The van der Waals surface area contributed by atoms with Gasteiger partial charge in [0, 0.05) is 35.4 Å². The molecule has 1 fully saturated rings. The van der Waals surface area contributed by atoms with Crippen molar-refractivity contribution < 1.29 is 14.1 Å². The molecule has 0 amide bonds. The largest absolute Gasteiger partial charge is 0.477 e. The van der Waals surface area contributed by atoms with E-state index in [-0.39, 0.29) is 0 Å². The molecule has 2 heterocycles. The van der Waals surface area contributed by atoms with Crippen molar-refractivity contribution in [3.63, 3.8) is 0 Å². The van der Waals surface area contributed by atoms with Crippen LogP contribution in [-0.2, 0) is 17.2 Å². The van der Waals surface area contributed by atoms with E-state index in [0.717, 1.165) is 5.13 Å². The van der Waals surface area contributed by atoms with Gasteiger partial charge in [-0.25, -0.2) is 9.78 Å². The summed E-state index contributed by atoms with van der Waals surface area (Å²) in [5.74, 6) is 0.374. The molecule has 1 aromatic rings. The molecule has 0 unspecified atom stereocenters. The minimum absolute atomic E-state index is 0.328. The van der Waals surface area contributed by atoms with Crippen molar-refractivity contribution in [2.75, 3.05) is 29.5 Å². The Morgan fingerprint density at radius 3 is 2.65 bits per heavy atom. The van der Waals surface area contributed by atoms with Gasteiger partial charge in [-0.1, -0.05) is 18.3 Å². The summed E-state index contributed by atoms with van der Waals surface area (Å²) >= 11 is 1.22. The average molecular weight is 274 g/mol. The molecule has 0 aromatic carbocycles. The molecule has 1 aromatic heterocycles. The fraction of sp³-hybridized carbons (Fsp3) is 0.600. The van der Waals surface area contributed by atoms with Crippen LogP contribution < -0.4 is 4.90 Å². The smallest absolute Gasteiger partial charge is 0.347 e. The minimum Gasteiger partial charge on any atom is -0.477 e. The Bertz CT molecular complexity index is 448. The molecule has 0 aliphatic carbocycles. The van der Waals surface area contributed by atoms with Gasteiger partial charge in [0.15, 0.2) is 5.13 Å². The summed E-state index contributed by atoms with van der Waals surface area (Å²) in [5, 5.41) is 9.80. The van der Waals surface area contributed by atoms with Crippen LogP contribution in [0.3, 0.4) is 0 Å². The standard InChI is InChI=1S/C10H14N2O3S2/c1-2-7-8(9(13)14)16-10(11-7)12-3-5-17(15)6-4-12/h2-6H2,1H3,(H,13,14). The molecule has 94 valence electrons. The first-order valence-corrected chi connectivity index (χ1v) is 7.75. The highest BCUT2D eigenvalue weighted by Crippen LogP contribution is 2.27. The van der Waals surface area contributed by atoms with Gasteiger partial charge >= 0.3 is 5.97 Å². The number of hydrogen-bond acceptors (Lipinski definition) is 5. The van der Waals surface area contributed by atoms with Crippen LogP contribution in [0.15, 0.2) is 0 Å². The van der Waals surface area contributed by atoms with E-state index in [2.05, 4.69) is 4.98 Å². The molecular weight excluding hydrogens is 260 g/mol. The molecule has 0 radical (unpaired) electrons. The van der Waals surface area contributed by atoms with Crippen LogP contribution in [0.5, 0.6) is 0 Å². The van der Waals surface area contributed by atoms with Crippen LogP contribution in [-0.4, -0.2) is 44.9 Å². The Labute approximate surface area is 106 Å². The highest BCUT2D eigenvalue weighted by molar-refractivity contribution is 7.85. The van der Waals surface area contributed by atoms with Gasteiger partial charge in [-0.15, -0.1) is 0 Å². The van der Waals surface area contributed by atoms with Gasteiger partial charge in [-0.3, -0.25) is 4.21 Å².